The Hall–Kier alpha value is -2.86. The molecule has 2 aromatic carbocycles. The molecule has 118 valence electrons. The zero-order valence-electron chi connectivity index (χ0n) is 12.3. The highest BCUT2D eigenvalue weighted by Crippen LogP contribution is 2.52. The van der Waals surface area contributed by atoms with Crippen LogP contribution in [0, 0.1) is 0 Å². The zero-order valence-corrected chi connectivity index (χ0v) is 12.3. The lowest BCUT2D eigenvalue weighted by atomic mass is 10.0. The van der Waals surface area contributed by atoms with Gasteiger partial charge in [-0.25, -0.2) is 5.84 Å². The van der Waals surface area contributed by atoms with Crippen molar-refractivity contribution in [3.8, 4) is 5.75 Å². The smallest absolute Gasteiger partial charge is 0.260 e. The summed E-state index contributed by atoms with van der Waals surface area (Å²) in [7, 11) is 0. The molecular formula is C17H17N3O3. The number of hydrogen-bond acceptors (Lipinski definition) is 4. The maximum Gasteiger partial charge on any atom is 0.260 e. The predicted molar refractivity (Wildman–Crippen MR) is 84.4 cm³/mol. The molecule has 0 aromatic heterocycles. The standard InChI is InChI=1S/C17H17N3O3/c18-20-16(23)17(19-15(22)11-5-2-1-3-6-11)10-14(17)12-7-4-8-13(21)9-12/h1-9,14,21H,10,18H2,(H,19,22)(H,20,23). The van der Waals surface area contributed by atoms with E-state index in [0.717, 1.165) is 5.56 Å². The summed E-state index contributed by atoms with van der Waals surface area (Å²) in [6.45, 7) is 0. The Labute approximate surface area is 133 Å². The van der Waals surface area contributed by atoms with Crippen LogP contribution in [-0.2, 0) is 4.79 Å². The first-order valence-electron chi connectivity index (χ1n) is 7.24. The maximum atomic E-state index is 12.4. The third-order valence-electron chi connectivity index (χ3n) is 4.14. The number of carbonyl (C=O) groups excluding carboxylic acids is 2. The molecule has 6 nitrogen and oxygen atoms in total. The van der Waals surface area contributed by atoms with E-state index in [2.05, 4.69) is 10.7 Å². The zero-order chi connectivity index (χ0) is 16.4. The number of aromatic hydroxyl groups is 1. The lowest BCUT2D eigenvalue weighted by Crippen LogP contribution is -2.52. The van der Waals surface area contributed by atoms with Gasteiger partial charge in [0.05, 0.1) is 0 Å². The van der Waals surface area contributed by atoms with Gasteiger partial charge in [0.2, 0.25) is 0 Å². The highest BCUT2D eigenvalue weighted by molar-refractivity contribution is 6.01. The van der Waals surface area contributed by atoms with Crippen LogP contribution in [-0.4, -0.2) is 22.5 Å². The number of hydrogen-bond donors (Lipinski definition) is 4. The number of carbonyl (C=O) groups is 2. The van der Waals surface area contributed by atoms with Crippen LogP contribution in [0.4, 0.5) is 0 Å². The maximum absolute atomic E-state index is 12.4. The fourth-order valence-electron chi connectivity index (χ4n) is 2.85. The highest BCUT2D eigenvalue weighted by Gasteiger charge is 2.61. The van der Waals surface area contributed by atoms with Gasteiger partial charge in [-0.1, -0.05) is 30.3 Å². The van der Waals surface area contributed by atoms with Crippen LogP contribution < -0.4 is 16.6 Å². The third-order valence-corrected chi connectivity index (χ3v) is 4.14. The molecule has 0 radical (unpaired) electrons. The first kappa shape index (κ1) is 15.1. The molecule has 5 N–H and O–H groups in total. The van der Waals surface area contributed by atoms with Gasteiger partial charge in [0.15, 0.2) is 0 Å². The van der Waals surface area contributed by atoms with Gasteiger partial charge in [-0.3, -0.25) is 15.0 Å². The van der Waals surface area contributed by atoms with E-state index in [1.54, 1.807) is 42.5 Å². The number of amides is 2. The van der Waals surface area contributed by atoms with E-state index in [1.807, 2.05) is 12.1 Å². The van der Waals surface area contributed by atoms with Gasteiger partial charge >= 0.3 is 0 Å². The lowest BCUT2D eigenvalue weighted by Gasteiger charge is -2.18. The second-order valence-electron chi connectivity index (χ2n) is 5.62. The minimum absolute atomic E-state index is 0.117. The predicted octanol–water partition coefficient (Wildman–Crippen LogP) is 1.04. The first-order chi connectivity index (χ1) is 11.1. The fraction of sp³-hybridized carbons (Fsp3) is 0.176. The third kappa shape index (κ3) is 2.76. The second-order valence-corrected chi connectivity index (χ2v) is 5.62. The molecule has 0 heterocycles. The highest BCUT2D eigenvalue weighted by atomic mass is 16.3. The summed E-state index contributed by atoms with van der Waals surface area (Å²) >= 11 is 0. The van der Waals surface area contributed by atoms with Crippen molar-refractivity contribution in [1.29, 1.82) is 0 Å². The van der Waals surface area contributed by atoms with Crippen molar-refractivity contribution in [2.75, 3.05) is 0 Å². The summed E-state index contributed by atoms with van der Waals surface area (Å²) in [6.07, 6.45) is 0.429. The second kappa shape index (κ2) is 5.73. The molecule has 0 aliphatic heterocycles. The van der Waals surface area contributed by atoms with Gasteiger partial charge in [0.25, 0.3) is 11.8 Å². The van der Waals surface area contributed by atoms with Crippen molar-refractivity contribution < 1.29 is 14.7 Å². The topological polar surface area (TPSA) is 104 Å². The van der Waals surface area contributed by atoms with Crippen LogP contribution in [0.5, 0.6) is 5.75 Å². The fourth-order valence-corrected chi connectivity index (χ4v) is 2.85. The van der Waals surface area contributed by atoms with E-state index in [4.69, 9.17) is 5.84 Å². The molecule has 0 bridgehead atoms. The van der Waals surface area contributed by atoms with Crippen molar-refractivity contribution in [1.82, 2.24) is 10.7 Å². The average molecular weight is 311 g/mol. The number of phenols is 1. The van der Waals surface area contributed by atoms with Crippen molar-refractivity contribution in [2.45, 2.75) is 17.9 Å². The minimum Gasteiger partial charge on any atom is -0.508 e. The Kier molecular flexibility index (Phi) is 3.75. The van der Waals surface area contributed by atoms with E-state index < -0.39 is 11.4 Å². The summed E-state index contributed by atoms with van der Waals surface area (Å²) in [6, 6.07) is 15.3. The van der Waals surface area contributed by atoms with Crippen molar-refractivity contribution >= 4 is 11.8 Å². The van der Waals surface area contributed by atoms with E-state index in [0.29, 0.717) is 12.0 Å². The molecule has 1 aliphatic rings. The summed E-state index contributed by atoms with van der Waals surface area (Å²) in [5, 5.41) is 12.4. The van der Waals surface area contributed by atoms with Crippen molar-refractivity contribution in [3.63, 3.8) is 0 Å². The number of rotatable bonds is 4. The van der Waals surface area contributed by atoms with E-state index in [1.165, 1.54) is 0 Å². The van der Waals surface area contributed by atoms with Crippen LogP contribution >= 0.6 is 0 Å². The molecule has 2 amide bonds. The van der Waals surface area contributed by atoms with Gasteiger partial charge in [0, 0.05) is 11.5 Å². The van der Waals surface area contributed by atoms with Crippen LogP contribution in [0.25, 0.3) is 0 Å². The van der Waals surface area contributed by atoms with E-state index in [-0.39, 0.29) is 17.6 Å². The summed E-state index contributed by atoms with van der Waals surface area (Å²) < 4.78 is 0. The van der Waals surface area contributed by atoms with Gasteiger partial charge in [-0.15, -0.1) is 0 Å². The average Bonchev–Trinajstić information content (AvgIpc) is 3.30. The molecule has 2 atom stereocenters. The molecule has 23 heavy (non-hydrogen) atoms. The van der Waals surface area contributed by atoms with Crippen LogP contribution in [0.15, 0.2) is 54.6 Å². The quantitative estimate of drug-likeness (QED) is 0.385. The van der Waals surface area contributed by atoms with Crippen molar-refractivity contribution in [3.05, 3.63) is 65.7 Å². The first-order valence-corrected chi connectivity index (χ1v) is 7.24. The molecule has 1 saturated carbocycles. The van der Waals surface area contributed by atoms with Crippen LogP contribution in [0.2, 0.25) is 0 Å². The minimum atomic E-state index is -1.09. The summed E-state index contributed by atoms with van der Waals surface area (Å²) in [4.78, 5) is 24.6. The van der Waals surface area contributed by atoms with Crippen LogP contribution in [0.1, 0.15) is 28.3 Å². The van der Waals surface area contributed by atoms with Gasteiger partial charge in [0.1, 0.15) is 11.3 Å². The molecule has 1 fully saturated rings. The molecular weight excluding hydrogens is 294 g/mol. The molecule has 1 aliphatic carbocycles. The molecule has 2 unspecified atom stereocenters. The largest absolute Gasteiger partial charge is 0.508 e. The number of phenolic OH excluding ortho intramolecular Hbond substituents is 1. The SMILES string of the molecule is NNC(=O)C1(NC(=O)c2ccccc2)CC1c1cccc(O)c1. The Bertz CT molecular complexity index is 748. The normalized spacial score (nSPS) is 22.2. The number of nitrogens with two attached hydrogens (primary N) is 1. The molecule has 6 heteroatoms. The van der Waals surface area contributed by atoms with Crippen LogP contribution in [0.3, 0.4) is 0 Å². The Morgan fingerprint density at radius 1 is 1.13 bits per heavy atom. The Morgan fingerprint density at radius 3 is 2.52 bits per heavy atom. The molecule has 2 aromatic rings. The van der Waals surface area contributed by atoms with E-state index in [9.17, 15) is 14.7 Å². The molecule has 0 saturated heterocycles. The number of hydrazine groups is 1. The Morgan fingerprint density at radius 2 is 1.87 bits per heavy atom. The molecule has 0 spiro atoms. The summed E-state index contributed by atoms with van der Waals surface area (Å²) in [5.41, 5.74) is 2.29. The lowest BCUT2D eigenvalue weighted by molar-refractivity contribution is -0.124. The number of benzene rings is 2. The van der Waals surface area contributed by atoms with E-state index >= 15 is 0 Å². The van der Waals surface area contributed by atoms with Gasteiger partial charge < -0.3 is 10.4 Å². The number of nitrogens with one attached hydrogen (secondary N) is 2. The summed E-state index contributed by atoms with van der Waals surface area (Å²) in [5.74, 6) is 4.38. The van der Waals surface area contributed by atoms with Gasteiger partial charge in [-0.2, -0.15) is 0 Å². The molecule has 3 rings (SSSR count). The van der Waals surface area contributed by atoms with Crippen molar-refractivity contribution in [2.24, 2.45) is 5.84 Å². The monoisotopic (exact) mass is 311 g/mol. The Balaban J connectivity index is 1.86. The van der Waals surface area contributed by atoms with Gasteiger partial charge in [-0.05, 0) is 36.2 Å².